The zero-order valence-electron chi connectivity index (χ0n) is 12.1. The summed E-state index contributed by atoms with van der Waals surface area (Å²) in [7, 11) is 0. The molecular weight excluding hydrogens is 276 g/mol. The number of carbonyl (C=O) groups excluding carboxylic acids is 1. The number of aliphatic hydroxyl groups excluding tert-OH is 1. The average Bonchev–Trinajstić information content (AvgIpc) is 2.45. The van der Waals surface area contributed by atoms with E-state index in [1.165, 1.54) is 24.3 Å². The Morgan fingerprint density at radius 3 is 2.48 bits per heavy atom. The van der Waals surface area contributed by atoms with Gasteiger partial charge in [-0.05, 0) is 24.5 Å². The van der Waals surface area contributed by atoms with Crippen molar-refractivity contribution in [1.29, 1.82) is 0 Å². The van der Waals surface area contributed by atoms with E-state index in [1.807, 2.05) is 13.8 Å². The van der Waals surface area contributed by atoms with E-state index in [-0.39, 0.29) is 36.8 Å². The minimum absolute atomic E-state index is 0.00629. The highest BCUT2D eigenvalue weighted by Crippen LogP contribution is 2.17. The number of non-ortho nitro benzene ring substituents is 1. The fraction of sp³-hybridized carbons (Fsp3) is 0.500. The number of nitro groups is 1. The highest BCUT2D eigenvalue weighted by atomic mass is 16.6. The quantitative estimate of drug-likeness (QED) is 0.559. The Bertz CT molecular complexity index is 473. The Balaban J connectivity index is 2.46. The molecule has 0 aliphatic heterocycles. The zero-order valence-corrected chi connectivity index (χ0v) is 12.1. The minimum atomic E-state index is -0.501. The predicted molar refractivity (Wildman–Crippen MR) is 77.1 cm³/mol. The molecule has 0 bridgehead atoms. The Labute approximate surface area is 123 Å². The third kappa shape index (κ3) is 5.78. The third-order valence-corrected chi connectivity index (χ3v) is 3.01. The largest absolute Gasteiger partial charge is 0.484 e. The summed E-state index contributed by atoms with van der Waals surface area (Å²) >= 11 is 0. The molecule has 0 aromatic heterocycles. The molecule has 2 N–H and O–H groups in total. The summed E-state index contributed by atoms with van der Waals surface area (Å²) in [6.07, 6.45) is 0.487. The van der Waals surface area contributed by atoms with Crippen LogP contribution < -0.4 is 10.1 Å². The van der Waals surface area contributed by atoms with Gasteiger partial charge in [0.05, 0.1) is 4.92 Å². The number of amides is 1. The molecule has 1 aromatic rings. The number of hydrogen-bond acceptors (Lipinski definition) is 5. The van der Waals surface area contributed by atoms with Crippen molar-refractivity contribution in [3.8, 4) is 5.75 Å². The standard InChI is InChI=1S/C14H20N2O5/c1-10(2)13(7-8-17)15-14(18)9-21-12-5-3-11(4-6-12)16(19)20/h3-6,10,13,17H,7-9H2,1-2H3,(H,15,18). The van der Waals surface area contributed by atoms with Crippen molar-refractivity contribution < 1.29 is 19.6 Å². The molecule has 0 aliphatic carbocycles. The number of nitrogens with zero attached hydrogens (tertiary/aromatic N) is 1. The molecular formula is C14H20N2O5. The second-order valence-electron chi connectivity index (χ2n) is 4.97. The molecule has 0 saturated heterocycles. The lowest BCUT2D eigenvalue weighted by molar-refractivity contribution is -0.384. The summed E-state index contributed by atoms with van der Waals surface area (Å²) in [5.41, 5.74) is -0.0328. The summed E-state index contributed by atoms with van der Waals surface area (Å²) in [6, 6.07) is 5.41. The molecule has 21 heavy (non-hydrogen) atoms. The monoisotopic (exact) mass is 296 g/mol. The summed E-state index contributed by atoms with van der Waals surface area (Å²) in [5.74, 6) is 0.306. The molecule has 0 fully saturated rings. The third-order valence-electron chi connectivity index (χ3n) is 3.01. The van der Waals surface area contributed by atoms with Crippen molar-refractivity contribution in [2.24, 2.45) is 5.92 Å². The van der Waals surface area contributed by atoms with Crippen LogP contribution in [0.4, 0.5) is 5.69 Å². The van der Waals surface area contributed by atoms with E-state index in [2.05, 4.69) is 5.32 Å². The fourth-order valence-electron chi connectivity index (χ4n) is 1.77. The maximum Gasteiger partial charge on any atom is 0.269 e. The maximum absolute atomic E-state index is 11.8. The molecule has 7 heteroatoms. The summed E-state index contributed by atoms with van der Waals surface area (Å²) in [5, 5.41) is 22.2. The van der Waals surface area contributed by atoms with Gasteiger partial charge in [-0.2, -0.15) is 0 Å². The SMILES string of the molecule is CC(C)C(CCO)NC(=O)COc1ccc([N+](=O)[O-])cc1. The highest BCUT2D eigenvalue weighted by Gasteiger charge is 2.16. The molecule has 7 nitrogen and oxygen atoms in total. The van der Waals surface area contributed by atoms with Crippen LogP contribution >= 0.6 is 0 Å². The lowest BCUT2D eigenvalue weighted by Crippen LogP contribution is -2.41. The maximum atomic E-state index is 11.8. The van der Waals surface area contributed by atoms with Gasteiger partial charge < -0.3 is 15.2 Å². The van der Waals surface area contributed by atoms with Crippen molar-refractivity contribution >= 4 is 11.6 Å². The van der Waals surface area contributed by atoms with Gasteiger partial charge in [-0.1, -0.05) is 13.8 Å². The number of carbonyl (C=O) groups is 1. The number of nitro benzene ring substituents is 1. The summed E-state index contributed by atoms with van der Waals surface area (Å²) < 4.78 is 5.26. The number of nitrogens with one attached hydrogen (secondary N) is 1. The Kier molecular flexibility index (Phi) is 6.61. The molecule has 0 saturated carbocycles. The molecule has 1 aromatic carbocycles. The van der Waals surface area contributed by atoms with Gasteiger partial charge in [-0.3, -0.25) is 14.9 Å². The lowest BCUT2D eigenvalue weighted by Gasteiger charge is -2.21. The van der Waals surface area contributed by atoms with Crippen molar-refractivity contribution in [3.05, 3.63) is 34.4 Å². The van der Waals surface area contributed by atoms with Crippen LogP contribution in [0.25, 0.3) is 0 Å². The van der Waals surface area contributed by atoms with E-state index in [0.717, 1.165) is 0 Å². The van der Waals surface area contributed by atoms with Crippen molar-refractivity contribution in [1.82, 2.24) is 5.32 Å². The van der Waals surface area contributed by atoms with Gasteiger partial charge in [0.25, 0.3) is 11.6 Å². The van der Waals surface area contributed by atoms with E-state index >= 15 is 0 Å². The van der Waals surface area contributed by atoms with Gasteiger partial charge in [0.1, 0.15) is 5.75 Å². The van der Waals surface area contributed by atoms with Crippen LogP contribution in [0.1, 0.15) is 20.3 Å². The van der Waals surface area contributed by atoms with Crippen molar-refractivity contribution in [2.75, 3.05) is 13.2 Å². The minimum Gasteiger partial charge on any atom is -0.484 e. The first kappa shape index (κ1) is 16.9. The van der Waals surface area contributed by atoms with Gasteiger partial charge in [-0.15, -0.1) is 0 Å². The number of hydrogen-bond donors (Lipinski definition) is 2. The van der Waals surface area contributed by atoms with Crippen LogP contribution in [0.15, 0.2) is 24.3 Å². The first-order valence-corrected chi connectivity index (χ1v) is 6.71. The van der Waals surface area contributed by atoms with E-state index in [0.29, 0.717) is 12.2 Å². The summed E-state index contributed by atoms with van der Waals surface area (Å²) in [4.78, 5) is 21.8. The molecule has 1 unspecified atom stereocenters. The van der Waals surface area contributed by atoms with Gasteiger partial charge in [0.2, 0.25) is 0 Å². The lowest BCUT2D eigenvalue weighted by atomic mass is 10.0. The molecule has 1 rings (SSSR count). The molecule has 0 heterocycles. The number of rotatable bonds is 8. The van der Waals surface area contributed by atoms with Crippen LogP contribution in [0.5, 0.6) is 5.75 Å². The van der Waals surface area contributed by atoms with Crippen molar-refractivity contribution in [2.45, 2.75) is 26.3 Å². The zero-order chi connectivity index (χ0) is 15.8. The van der Waals surface area contributed by atoms with Gasteiger partial charge in [0.15, 0.2) is 6.61 Å². The first-order chi connectivity index (χ1) is 9.93. The van der Waals surface area contributed by atoms with Crippen LogP contribution in [-0.4, -0.2) is 35.2 Å². The fourth-order valence-corrected chi connectivity index (χ4v) is 1.77. The van der Waals surface area contributed by atoms with Crippen molar-refractivity contribution in [3.63, 3.8) is 0 Å². The Hall–Kier alpha value is -2.15. The second-order valence-corrected chi connectivity index (χ2v) is 4.97. The van der Waals surface area contributed by atoms with E-state index < -0.39 is 4.92 Å². The molecule has 0 spiro atoms. The Morgan fingerprint density at radius 2 is 2.00 bits per heavy atom. The van der Waals surface area contributed by atoms with E-state index in [9.17, 15) is 14.9 Å². The van der Waals surface area contributed by atoms with E-state index in [4.69, 9.17) is 9.84 Å². The molecule has 1 atom stereocenters. The van der Waals surface area contributed by atoms with Crippen LogP contribution in [0, 0.1) is 16.0 Å². The topological polar surface area (TPSA) is 102 Å². The van der Waals surface area contributed by atoms with Gasteiger partial charge in [-0.25, -0.2) is 0 Å². The van der Waals surface area contributed by atoms with Crippen LogP contribution in [0.2, 0.25) is 0 Å². The van der Waals surface area contributed by atoms with Gasteiger partial charge in [0, 0.05) is 24.8 Å². The molecule has 116 valence electrons. The highest BCUT2D eigenvalue weighted by molar-refractivity contribution is 5.77. The molecule has 1 amide bonds. The summed E-state index contributed by atoms with van der Waals surface area (Å²) in [6.45, 7) is 3.74. The van der Waals surface area contributed by atoms with E-state index in [1.54, 1.807) is 0 Å². The normalized spacial score (nSPS) is 12.0. The smallest absolute Gasteiger partial charge is 0.269 e. The number of benzene rings is 1. The number of aliphatic hydroxyl groups is 1. The van der Waals surface area contributed by atoms with Gasteiger partial charge >= 0.3 is 0 Å². The van der Waals surface area contributed by atoms with Crippen LogP contribution in [0.3, 0.4) is 0 Å². The van der Waals surface area contributed by atoms with Crippen LogP contribution in [-0.2, 0) is 4.79 Å². The first-order valence-electron chi connectivity index (χ1n) is 6.71. The predicted octanol–water partition coefficient (Wildman–Crippen LogP) is 1.50. The Morgan fingerprint density at radius 1 is 1.38 bits per heavy atom. The second kappa shape index (κ2) is 8.21. The molecule has 0 radical (unpaired) electrons. The number of ether oxygens (including phenoxy) is 1. The molecule has 0 aliphatic rings. The average molecular weight is 296 g/mol.